The molecule has 0 atom stereocenters. The van der Waals surface area contributed by atoms with Crippen LogP contribution >= 0.6 is 10.7 Å². The van der Waals surface area contributed by atoms with Gasteiger partial charge in [-0.1, -0.05) is 12.1 Å². The first kappa shape index (κ1) is 16.1. The molecule has 21 heavy (non-hydrogen) atoms. The van der Waals surface area contributed by atoms with Gasteiger partial charge in [0.05, 0.1) is 11.4 Å². The molecule has 0 radical (unpaired) electrons. The van der Waals surface area contributed by atoms with E-state index >= 15 is 0 Å². The van der Waals surface area contributed by atoms with E-state index in [0.717, 1.165) is 5.56 Å². The minimum absolute atomic E-state index is 0.0647. The van der Waals surface area contributed by atoms with Gasteiger partial charge < -0.3 is 9.64 Å². The van der Waals surface area contributed by atoms with Gasteiger partial charge in [0.25, 0.3) is 9.05 Å². The van der Waals surface area contributed by atoms with Crippen molar-refractivity contribution < 1.29 is 17.9 Å². The molecule has 1 amide bonds. The Morgan fingerprint density at radius 2 is 2.00 bits per heavy atom. The third-order valence-electron chi connectivity index (χ3n) is 3.14. The molecule has 0 aromatic heterocycles. The lowest BCUT2D eigenvalue weighted by Gasteiger charge is -2.31. The topological polar surface area (TPSA) is 63.7 Å². The number of fused-ring (bicyclic) bond motifs is 1. The number of amides is 1. The average Bonchev–Trinajstić information content (AvgIpc) is 2.34. The summed E-state index contributed by atoms with van der Waals surface area (Å²) in [6, 6.07) is 4.98. The quantitative estimate of drug-likeness (QED) is 0.742. The third-order valence-corrected chi connectivity index (χ3v) is 4.55. The third kappa shape index (κ3) is 3.89. The van der Waals surface area contributed by atoms with Gasteiger partial charge in [-0.15, -0.1) is 0 Å². The molecular formula is C14H18ClNO4S. The van der Waals surface area contributed by atoms with Crippen molar-refractivity contribution in [2.75, 3.05) is 6.54 Å². The van der Waals surface area contributed by atoms with Crippen LogP contribution in [0, 0.1) is 0 Å². The molecule has 116 valence electrons. The summed E-state index contributed by atoms with van der Waals surface area (Å²) in [5.74, 6) is 0. The summed E-state index contributed by atoms with van der Waals surface area (Å²) < 4.78 is 28.6. The van der Waals surface area contributed by atoms with E-state index in [4.69, 9.17) is 15.4 Å². The molecular weight excluding hydrogens is 314 g/mol. The predicted octanol–water partition coefficient (Wildman–Crippen LogP) is 2.91. The maximum atomic E-state index is 12.1. The van der Waals surface area contributed by atoms with Crippen molar-refractivity contribution in [3.05, 3.63) is 29.3 Å². The van der Waals surface area contributed by atoms with E-state index < -0.39 is 20.7 Å². The number of carbonyl (C=O) groups is 1. The Morgan fingerprint density at radius 3 is 2.57 bits per heavy atom. The van der Waals surface area contributed by atoms with Gasteiger partial charge in [-0.2, -0.15) is 0 Å². The van der Waals surface area contributed by atoms with E-state index in [2.05, 4.69) is 0 Å². The fraction of sp³-hybridized carbons (Fsp3) is 0.500. The summed E-state index contributed by atoms with van der Waals surface area (Å²) in [6.45, 7) is 6.05. The zero-order valence-electron chi connectivity index (χ0n) is 12.2. The molecule has 0 unspecified atom stereocenters. The summed E-state index contributed by atoms with van der Waals surface area (Å²) >= 11 is 0. The molecule has 7 heteroatoms. The Labute approximate surface area is 129 Å². The van der Waals surface area contributed by atoms with Gasteiger partial charge in [-0.3, -0.25) is 0 Å². The minimum Gasteiger partial charge on any atom is -0.444 e. The van der Waals surface area contributed by atoms with Gasteiger partial charge in [0.1, 0.15) is 5.60 Å². The smallest absolute Gasteiger partial charge is 0.410 e. The molecule has 0 bridgehead atoms. The second-order valence-electron chi connectivity index (χ2n) is 5.98. The number of ether oxygens (including phenoxy) is 1. The number of nitrogens with zero attached hydrogens (tertiary/aromatic N) is 1. The lowest BCUT2D eigenvalue weighted by atomic mass is 10.00. The molecule has 1 aliphatic rings. The molecule has 1 aromatic carbocycles. The van der Waals surface area contributed by atoms with Crippen LogP contribution in [0.3, 0.4) is 0 Å². The molecule has 1 heterocycles. The SMILES string of the molecule is CC(C)(C)OC(=O)N1CCc2cccc(S(=O)(=O)Cl)c2C1. The summed E-state index contributed by atoms with van der Waals surface area (Å²) in [5, 5.41) is 0. The minimum atomic E-state index is -3.84. The highest BCUT2D eigenvalue weighted by Gasteiger charge is 2.29. The van der Waals surface area contributed by atoms with E-state index in [0.29, 0.717) is 18.5 Å². The molecule has 0 N–H and O–H groups in total. The highest BCUT2D eigenvalue weighted by Crippen LogP contribution is 2.28. The van der Waals surface area contributed by atoms with Crippen molar-refractivity contribution in [2.45, 2.75) is 44.2 Å². The van der Waals surface area contributed by atoms with Crippen LogP contribution in [0.5, 0.6) is 0 Å². The average molecular weight is 332 g/mol. The normalized spacial score (nSPS) is 15.5. The standard InChI is InChI=1S/C14H18ClNO4S/c1-14(2,3)20-13(17)16-8-7-10-5-4-6-12(11(10)9-16)21(15,18)19/h4-6H,7-9H2,1-3H3. The van der Waals surface area contributed by atoms with E-state index in [-0.39, 0.29) is 11.4 Å². The summed E-state index contributed by atoms with van der Waals surface area (Å²) in [5.41, 5.74) is 0.885. The molecule has 0 aliphatic carbocycles. The maximum absolute atomic E-state index is 12.1. The molecule has 0 saturated carbocycles. The highest BCUT2D eigenvalue weighted by molar-refractivity contribution is 8.13. The van der Waals surface area contributed by atoms with Crippen molar-refractivity contribution >= 4 is 25.8 Å². The number of benzene rings is 1. The molecule has 5 nitrogen and oxygen atoms in total. The Balaban J connectivity index is 2.30. The number of hydrogen-bond donors (Lipinski definition) is 0. The fourth-order valence-corrected chi connectivity index (χ4v) is 3.43. The van der Waals surface area contributed by atoms with Crippen LogP contribution in [0.4, 0.5) is 4.79 Å². The Hall–Kier alpha value is -1.27. The predicted molar refractivity (Wildman–Crippen MR) is 79.8 cm³/mol. The lowest BCUT2D eigenvalue weighted by Crippen LogP contribution is -2.40. The highest BCUT2D eigenvalue weighted by atomic mass is 35.7. The van der Waals surface area contributed by atoms with E-state index in [1.165, 1.54) is 11.0 Å². The molecule has 0 saturated heterocycles. The van der Waals surface area contributed by atoms with Crippen molar-refractivity contribution in [2.24, 2.45) is 0 Å². The molecule has 1 aliphatic heterocycles. The largest absolute Gasteiger partial charge is 0.444 e. The van der Waals surface area contributed by atoms with Crippen LogP contribution in [0.25, 0.3) is 0 Å². The van der Waals surface area contributed by atoms with Crippen molar-refractivity contribution in [1.29, 1.82) is 0 Å². The first-order chi connectivity index (χ1) is 9.58. The van der Waals surface area contributed by atoms with Crippen LogP contribution in [0.15, 0.2) is 23.1 Å². The van der Waals surface area contributed by atoms with Gasteiger partial charge in [0.2, 0.25) is 0 Å². The van der Waals surface area contributed by atoms with E-state index in [9.17, 15) is 13.2 Å². The Bertz CT molecular complexity index is 664. The fourth-order valence-electron chi connectivity index (χ4n) is 2.26. The zero-order valence-corrected chi connectivity index (χ0v) is 13.8. The summed E-state index contributed by atoms with van der Waals surface area (Å²) in [7, 11) is 1.63. The monoisotopic (exact) mass is 331 g/mol. The Morgan fingerprint density at radius 1 is 1.33 bits per heavy atom. The van der Waals surface area contributed by atoms with Gasteiger partial charge in [-0.25, -0.2) is 13.2 Å². The number of hydrogen-bond acceptors (Lipinski definition) is 4. The first-order valence-corrected chi connectivity index (χ1v) is 8.92. The van der Waals surface area contributed by atoms with Crippen molar-refractivity contribution in [3.8, 4) is 0 Å². The second kappa shape index (κ2) is 5.50. The number of halogens is 1. The van der Waals surface area contributed by atoms with Gasteiger partial charge in [-0.05, 0) is 44.4 Å². The summed E-state index contributed by atoms with van der Waals surface area (Å²) in [6.07, 6.45) is 0.129. The van der Waals surface area contributed by atoms with Gasteiger partial charge in [0.15, 0.2) is 0 Å². The van der Waals surface area contributed by atoms with Crippen molar-refractivity contribution in [3.63, 3.8) is 0 Å². The van der Waals surface area contributed by atoms with E-state index in [1.807, 2.05) is 6.07 Å². The second-order valence-corrected chi connectivity index (χ2v) is 8.52. The molecule has 2 rings (SSSR count). The van der Waals surface area contributed by atoms with Gasteiger partial charge in [0, 0.05) is 17.2 Å². The molecule has 0 fully saturated rings. The zero-order chi connectivity index (χ0) is 15.8. The summed E-state index contributed by atoms with van der Waals surface area (Å²) in [4.78, 5) is 13.7. The molecule has 0 spiro atoms. The van der Waals surface area contributed by atoms with E-state index in [1.54, 1.807) is 26.8 Å². The van der Waals surface area contributed by atoms with Gasteiger partial charge >= 0.3 is 6.09 Å². The van der Waals surface area contributed by atoms with Crippen LogP contribution in [-0.4, -0.2) is 31.6 Å². The lowest BCUT2D eigenvalue weighted by molar-refractivity contribution is 0.0222. The first-order valence-electron chi connectivity index (χ1n) is 6.61. The van der Waals surface area contributed by atoms with Crippen LogP contribution in [-0.2, 0) is 26.8 Å². The Kier molecular flexibility index (Phi) is 4.22. The van der Waals surface area contributed by atoms with Crippen LogP contribution in [0.2, 0.25) is 0 Å². The van der Waals surface area contributed by atoms with Crippen LogP contribution < -0.4 is 0 Å². The van der Waals surface area contributed by atoms with Crippen molar-refractivity contribution in [1.82, 2.24) is 4.90 Å². The number of rotatable bonds is 1. The maximum Gasteiger partial charge on any atom is 0.410 e. The molecule has 1 aromatic rings. The van der Waals surface area contributed by atoms with Crippen LogP contribution in [0.1, 0.15) is 31.9 Å². The number of carbonyl (C=O) groups excluding carboxylic acids is 1.